The fourth-order valence-corrected chi connectivity index (χ4v) is 5.10. The van der Waals surface area contributed by atoms with Crippen LogP contribution in [0.25, 0.3) is 6.08 Å². The molecule has 7 nitrogen and oxygen atoms in total. The van der Waals surface area contributed by atoms with Gasteiger partial charge in [0.15, 0.2) is 9.84 Å². The summed E-state index contributed by atoms with van der Waals surface area (Å²) in [5, 5.41) is 2.85. The Morgan fingerprint density at radius 3 is 2.66 bits per heavy atom. The fourth-order valence-electron chi connectivity index (χ4n) is 3.28. The van der Waals surface area contributed by atoms with Crippen LogP contribution in [-0.4, -0.2) is 42.3 Å². The molecule has 32 heavy (non-hydrogen) atoms. The lowest BCUT2D eigenvalue weighted by Crippen LogP contribution is -2.56. The largest absolute Gasteiger partial charge is 0.386 e. The van der Waals surface area contributed by atoms with Crippen LogP contribution in [0.2, 0.25) is 5.02 Å². The minimum absolute atomic E-state index is 0.0136. The van der Waals surface area contributed by atoms with Gasteiger partial charge in [-0.05, 0) is 38.1 Å². The van der Waals surface area contributed by atoms with Crippen LogP contribution in [-0.2, 0) is 15.4 Å². The number of carbonyl (C=O) groups is 1. The number of halogens is 3. The second kappa shape index (κ2) is 8.25. The molecule has 1 aromatic carbocycles. The molecule has 11 heteroatoms. The van der Waals surface area contributed by atoms with Crippen LogP contribution >= 0.6 is 11.6 Å². The molecule has 1 amide bonds. The van der Waals surface area contributed by atoms with Crippen molar-refractivity contribution in [3.8, 4) is 0 Å². The summed E-state index contributed by atoms with van der Waals surface area (Å²) >= 11 is 5.88. The molecule has 170 valence electrons. The molecule has 1 aliphatic heterocycles. The van der Waals surface area contributed by atoms with Crippen molar-refractivity contribution in [2.75, 3.05) is 17.7 Å². The maximum atomic E-state index is 14.8. The zero-order chi connectivity index (χ0) is 23.9. The zero-order valence-corrected chi connectivity index (χ0v) is 18.9. The van der Waals surface area contributed by atoms with Crippen LogP contribution in [0, 0.1) is 5.82 Å². The first kappa shape index (κ1) is 23.8. The second-order valence-electron chi connectivity index (χ2n) is 7.88. The molecule has 0 aliphatic carbocycles. The van der Waals surface area contributed by atoms with Gasteiger partial charge >= 0.3 is 0 Å². The van der Waals surface area contributed by atoms with E-state index in [2.05, 4.69) is 21.9 Å². The Hall–Kier alpha value is -2.85. The van der Waals surface area contributed by atoms with Gasteiger partial charge in [0.2, 0.25) is 0 Å². The molecule has 2 aromatic rings. The van der Waals surface area contributed by atoms with Crippen molar-refractivity contribution in [2.45, 2.75) is 24.1 Å². The Morgan fingerprint density at radius 2 is 2.06 bits per heavy atom. The van der Waals surface area contributed by atoms with Crippen molar-refractivity contribution < 1.29 is 22.0 Å². The van der Waals surface area contributed by atoms with Crippen LogP contribution in [0.3, 0.4) is 0 Å². The van der Waals surface area contributed by atoms with Crippen molar-refractivity contribution in [2.24, 2.45) is 10.7 Å². The number of nitrogens with two attached hydrogens (primary N) is 1. The number of sulfone groups is 1. The number of pyridine rings is 1. The number of anilines is 1. The first-order valence-corrected chi connectivity index (χ1v) is 11.4. The van der Waals surface area contributed by atoms with E-state index in [0.29, 0.717) is 10.6 Å². The molecule has 0 fully saturated rings. The lowest BCUT2D eigenvalue weighted by molar-refractivity contribution is 0.102. The highest BCUT2D eigenvalue weighted by Gasteiger charge is 2.51. The van der Waals surface area contributed by atoms with Gasteiger partial charge in [-0.15, -0.1) is 0 Å². The van der Waals surface area contributed by atoms with E-state index in [4.69, 9.17) is 17.3 Å². The van der Waals surface area contributed by atoms with Gasteiger partial charge in [0, 0.05) is 23.0 Å². The molecule has 0 saturated carbocycles. The highest BCUT2D eigenvalue weighted by Crippen LogP contribution is 2.39. The summed E-state index contributed by atoms with van der Waals surface area (Å²) in [6, 6.07) is 4.88. The smallest absolute Gasteiger partial charge is 0.274 e. The predicted octanol–water partition coefficient (Wildman–Crippen LogP) is 3.50. The maximum absolute atomic E-state index is 14.8. The quantitative estimate of drug-likeness (QED) is 0.677. The van der Waals surface area contributed by atoms with Crippen molar-refractivity contribution in [3.63, 3.8) is 0 Å². The van der Waals surface area contributed by atoms with E-state index in [1.807, 2.05) is 0 Å². The predicted molar refractivity (Wildman–Crippen MR) is 121 cm³/mol. The molecule has 0 unspecified atom stereocenters. The summed E-state index contributed by atoms with van der Waals surface area (Å²) < 4.78 is 53.0. The number of aromatic nitrogens is 1. The third-order valence-corrected chi connectivity index (χ3v) is 8.25. The number of alkyl halides is 1. The van der Waals surface area contributed by atoms with Crippen LogP contribution in [0.5, 0.6) is 0 Å². The molecule has 3 N–H and O–H groups in total. The minimum Gasteiger partial charge on any atom is -0.386 e. The number of aliphatic imine (C=N–C) groups is 1. The van der Waals surface area contributed by atoms with Gasteiger partial charge in [-0.1, -0.05) is 24.3 Å². The zero-order valence-electron chi connectivity index (χ0n) is 17.3. The summed E-state index contributed by atoms with van der Waals surface area (Å²) in [4.78, 5) is 20.7. The number of hydrogen-bond donors (Lipinski definition) is 2. The molecule has 0 radical (unpaired) electrons. The van der Waals surface area contributed by atoms with E-state index < -0.39 is 44.3 Å². The summed E-state index contributed by atoms with van der Waals surface area (Å²) in [5.74, 6) is -2.64. The first-order chi connectivity index (χ1) is 14.9. The number of hydrogen-bond acceptors (Lipinski definition) is 6. The third-order valence-electron chi connectivity index (χ3n) is 5.42. The number of amides is 1. The van der Waals surface area contributed by atoms with Gasteiger partial charge in [0.25, 0.3) is 5.91 Å². The van der Waals surface area contributed by atoms with Gasteiger partial charge in [-0.25, -0.2) is 22.2 Å². The Labute approximate surface area is 189 Å². The standard InChI is InChI=1S/C21H21ClF2N4O3S/c1-4-12-7-13(22)9-26-17(12)18(29)27-14-5-6-16(24)15(8-14)21(10-23)11-32(30,31)20(2,3)19(25)28-21/h4-9H,1,10-11H2,2-3H3,(H2,25,28)(H,27,29)/t21-/m0/s1. The lowest BCUT2D eigenvalue weighted by Gasteiger charge is -2.38. The van der Waals surface area contributed by atoms with Gasteiger partial charge in [0.05, 0.1) is 10.8 Å². The molecular weight excluding hydrogens is 462 g/mol. The van der Waals surface area contributed by atoms with Crippen molar-refractivity contribution >= 4 is 44.9 Å². The number of nitrogens with one attached hydrogen (secondary N) is 1. The molecule has 0 bridgehead atoms. The molecule has 2 heterocycles. The third kappa shape index (κ3) is 4.00. The molecule has 1 aliphatic rings. The summed E-state index contributed by atoms with van der Waals surface area (Å²) in [6.07, 6.45) is 2.68. The van der Waals surface area contributed by atoms with Crippen molar-refractivity contribution in [1.82, 2.24) is 4.98 Å². The van der Waals surface area contributed by atoms with E-state index in [-0.39, 0.29) is 22.8 Å². The van der Waals surface area contributed by atoms with E-state index >= 15 is 0 Å². The number of carbonyl (C=O) groups excluding carboxylic acids is 1. The molecular formula is C21H21ClF2N4O3S. The van der Waals surface area contributed by atoms with Crippen LogP contribution in [0.1, 0.15) is 35.5 Å². The second-order valence-corrected chi connectivity index (χ2v) is 10.9. The lowest BCUT2D eigenvalue weighted by atomic mass is 9.92. The normalized spacial score (nSPS) is 21.5. The monoisotopic (exact) mass is 482 g/mol. The minimum atomic E-state index is -3.97. The summed E-state index contributed by atoms with van der Waals surface area (Å²) in [6.45, 7) is 5.01. The Morgan fingerprint density at radius 1 is 1.38 bits per heavy atom. The SMILES string of the molecule is C=Cc1cc(Cl)cnc1C(=O)Nc1ccc(F)c([C@]2(CF)CS(=O)(=O)C(C)(C)C(N)=N2)c1. The topological polar surface area (TPSA) is 115 Å². The number of rotatable bonds is 5. The van der Waals surface area contributed by atoms with Crippen LogP contribution < -0.4 is 11.1 Å². The Bertz CT molecular complexity index is 1250. The van der Waals surface area contributed by atoms with Gasteiger partial charge in [-0.2, -0.15) is 0 Å². The number of benzene rings is 1. The highest BCUT2D eigenvalue weighted by molar-refractivity contribution is 7.93. The van der Waals surface area contributed by atoms with Crippen molar-refractivity contribution in [1.29, 1.82) is 0 Å². The van der Waals surface area contributed by atoms with Gasteiger partial charge < -0.3 is 11.1 Å². The molecule has 1 aromatic heterocycles. The van der Waals surface area contributed by atoms with E-state index in [1.54, 1.807) is 0 Å². The Balaban J connectivity index is 2.05. The first-order valence-electron chi connectivity index (χ1n) is 9.40. The van der Waals surface area contributed by atoms with Crippen LogP contribution in [0.4, 0.5) is 14.5 Å². The molecule has 3 rings (SSSR count). The number of amidine groups is 1. The van der Waals surface area contributed by atoms with E-state index in [1.165, 1.54) is 38.3 Å². The van der Waals surface area contributed by atoms with E-state index in [9.17, 15) is 22.0 Å². The average Bonchev–Trinajstić information content (AvgIpc) is 2.73. The van der Waals surface area contributed by atoms with Gasteiger partial charge in [0.1, 0.15) is 34.3 Å². The van der Waals surface area contributed by atoms with Crippen LogP contribution in [0.15, 0.2) is 42.0 Å². The fraction of sp³-hybridized carbons (Fsp3) is 0.286. The maximum Gasteiger partial charge on any atom is 0.274 e. The Kier molecular flexibility index (Phi) is 6.14. The molecule has 0 saturated heterocycles. The van der Waals surface area contributed by atoms with E-state index in [0.717, 1.165) is 12.1 Å². The van der Waals surface area contributed by atoms with Gasteiger partial charge in [-0.3, -0.25) is 9.79 Å². The number of nitrogens with zero attached hydrogens (tertiary/aromatic N) is 2. The van der Waals surface area contributed by atoms with Crippen molar-refractivity contribution in [3.05, 3.63) is 64.7 Å². The molecule has 0 spiro atoms. The average molecular weight is 483 g/mol. The highest BCUT2D eigenvalue weighted by atomic mass is 35.5. The summed E-state index contributed by atoms with van der Waals surface area (Å²) in [5.41, 5.74) is 3.90. The summed E-state index contributed by atoms with van der Waals surface area (Å²) in [7, 11) is -3.97. The molecule has 1 atom stereocenters.